The molecule has 0 spiro atoms. The Labute approximate surface area is 121 Å². The second-order valence-corrected chi connectivity index (χ2v) is 4.32. The van der Waals surface area contributed by atoms with Crippen molar-refractivity contribution in [1.82, 2.24) is 5.32 Å². The van der Waals surface area contributed by atoms with Crippen molar-refractivity contribution >= 4 is 17.5 Å². The predicted octanol–water partition coefficient (Wildman–Crippen LogP) is 2.21. The molecule has 2 rings (SSSR count). The van der Waals surface area contributed by atoms with E-state index in [1.807, 2.05) is 0 Å². The predicted molar refractivity (Wildman–Crippen MR) is 75.3 cm³/mol. The van der Waals surface area contributed by atoms with Gasteiger partial charge in [-0.05, 0) is 30.3 Å². The van der Waals surface area contributed by atoms with E-state index in [-0.39, 0.29) is 12.5 Å². The van der Waals surface area contributed by atoms with Crippen molar-refractivity contribution in [3.05, 3.63) is 58.5 Å². The molecule has 0 aliphatic heterocycles. The molecule has 0 atom stereocenters. The third kappa shape index (κ3) is 3.64. The zero-order valence-corrected chi connectivity index (χ0v) is 11.3. The van der Waals surface area contributed by atoms with Crippen LogP contribution in [0.1, 0.15) is 21.7 Å². The molecule has 1 heterocycles. The Hall–Kier alpha value is -2.22. The molecule has 2 N–H and O–H groups in total. The van der Waals surface area contributed by atoms with Crippen molar-refractivity contribution < 1.29 is 14.3 Å². The van der Waals surface area contributed by atoms with Gasteiger partial charge in [-0.3, -0.25) is 4.79 Å². The van der Waals surface area contributed by atoms with Crippen LogP contribution in [0, 0.1) is 11.8 Å². The van der Waals surface area contributed by atoms with Crippen LogP contribution in [0.4, 0.5) is 0 Å². The Morgan fingerprint density at radius 1 is 1.40 bits per heavy atom. The largest absolute Gasteiger partial charge is 0.467 e. The van der Waals surface area contributed by atoms with E-state index in [2.05, 4.69) is 17.2 Å². The van der Waals surface area contributed by atoms with Crippen molar-refractivity contribution in [2.24, 2.45) is 0 Å². The molecule has 1 aromatic carbocycles. The number of rotatable bonds is 3. The van der Waals surface area contributed by atoms with E-state index in [9.17, 15) is 4.79 Å². The van der Waals surface area contributed by atoms with Crippen LogP contribution in [0.2, 0.25) is 5.02 Å². The minimum Gasteiger partial charge on any atom is -0.467 e. The van der Waals surface area contributed by atoms with E-state index in [1.54, 1.807) is 36.6 Å². The van der Waals surface area contributed by atoms with Crippen LogP contribution < -0.4 is 5.32 Å². The van der Waals surface area contributed by atoms with Crippen molar-refractivity contribution in [3.8, 4) is 11.8 Å². The van der Waals surface area contributed by atoms with Gasteiger partial charge in [0.2, 0.25) is 0 Å². The molecule has 0 radical (unpaired) electrons. The van der Waals surface area contributed by atoms with Gasteiger partial charge in [0, 0.05) is 11.1 Å². The number of carbonyl (C=O) groups is 1. The molecule has 0 bridgehead atoms. The third-order valence-corrected chi connectivity index (χ3v) is 2.85. The monoisotopic (exact) mass is 289 g/mol. The maximum atomic E-state index is 11.9. The fourth-order valence-corrected chi connectivity index (χ4v) is 1.80. The van der Waals surface area contributed by atoms with Crippen LogP contribution in [0.5, 0.6) is 0 Å². The van der Waals surface area contributed by atoms with Gasteiger partial charge in [-0.25, -0.2) is 0 Å². The summed E-state index contributed by atoms with van der Waals surface area (Å²) in [5, 5.41) is 11.7. The molecule has 0 fully saturated rings. The molecule has 0 aliphatic carbocycles. The second-order valence-electron chi connectivity index (χ2n) is 3.92. The molecule has 0 unspecified atom stereocenters. The summed E-state index contributed by atoms with van der Waals surface area (Å²) in [7, 11) is 0. The Morgan fingerprint density at radius 2 is 2.25 bits per heavy atom. The van der Waals surface area contributed by atoms with Crippen LogP contribution in [0.15, 0.2) is 41.0 Å². The van der Waals surface area contributed by atoms with E-state index in [0.717, 1.165) is 0 Å². The number of hydrogen-bond acceptors (Lipinski definition) is 3. The Kier molecular flexibility index (Phi) is 4.83. The number of aliphatic hydroxyl groups excluding tert-OH is 1. The second kappa shape index (κ2) is 6.80. The highest BCUT2D eigenvalue weighted by Gasteiger charge is 2.08. The lowest BCUT2D eigenvalue weighted by atomic mass is 10.1. The first-order chi connectivity index (χ1) is 9.70. The van der Waals surface area contributed by atoms with Gasteiger partial charge in [-0.2, -0.15) is 0 Å². The number of nitrogens with one attached hydrogen (secondary N) is 1. The number of benzene rings is 1. The summed E-state index contributed by atoms with van der Waals surface area (Å²) in [5.74, 6) is 5.64. The fourth-order valence-electron chi connectivity index (χ4n) is 1.58. The average Bonchev–Trinajstić information content (AvgIpc) is 2.96. The van der Waals surface area contributed by atoms with Gasteiger partial charge < -0.3 is 14.8 Å². The lowest BCUT2D eigenvalue weighted by Crippen LogP contribution is -2.22. The average molecular weight is 290 g/mol. The van der Waals surface area contributed by atoms with E-state index >= 15 is 0 Å². The summed E-state index contributed by atoms with van der Waals surface area (Å²) in [5.41, 5.74) is 1.01. The van der Waals surface area contributed by atoms with Crippen molar-refractivity contribution in [2.75, 3.05) is 6.61 Å². The first-order valence-electron chi connectivity index (χ1n) is 5.90. The molecule has 20 heavy (non-hydrogen) atoms. The standard InChI is InChI=1S/C15H12ClNO3/c16-14-9-12(6-5-11(14)3-1-7-18)15(19)17-10-13-4-2-8-20-13/h2,4-6,8-9,18H,7,10H2,(H,17,19). The Morgan fingerprint density at radius 3 is 2.90 bits per heavy atom. The van der Waals surface area contributed by atoms with Crippen LogP contribution in [-0.2, 0) is 6.54 Å². The molecule has 4 nitrogen and oxygen atoms in total. The summed E-state index contributed by atoms with van der Waals surface area (Å²) in [6.07, 6.45) is 1.55. The van der Waals surface area contributed by atoms with Crippen molar-refractivity contribution in [1.29, 1.82) is 0 Å². The van der Waals surface area contributed by atoms with Crippen LogP contribution in [0.3, 0.4) is 0 Å². The Balaban J connectivity index is 2.05. The van der Waals surface area contributed by atoms with E-state index < -0.39 is 0 Å². The molecule has 2 aromatic rings. The van der Waals surface area contributed by atoms with Gasteiger partial charge in [0.05, 0.1) is 17.8 Å². The van der Waals surface area contributed by atoms with E-state index in [1.165, 1.54) is 0 Å². The van der Waals surface area contributed by atoms with E-state index in [0.29, 0.717) is 28.5 Å². The number of aliphatic hydroxyl groups is 1. The van der Waals surface area contributed by atoms with Gasteiger partial charge in [-0.15, -0.1) is 0 Å². The number of amides is 1. The highest BCUT2D eigenvalue weighted by molar-refractivity contribution is 6.32. The summed E-state index contributed by atoms with van der Waals surface area (Å²) in [4.78, 5) is 11.9. The molecular formula is C15H12ClNO3. The lowest BCUT2D eigenvalue weighted by Gasteiger charge is -2.04. The topological polar surface area (TPSA) is 62.5 Å². The molecule has 102 valence electrons. The first kappa shape index (κ1) is 14.2. The van der Waals surface area contributed by atoms with E-state index in [4.69, 9.17) is 21.1 Å². The minimum atomic E-state index is -0.245. The highest BCUT2D eigenvalue weighted by atomic mass is 35.5. The van der Waals surface area contributed by atoms with Gasteiger partial charge in [0.1, 0.15) is 12.4 Å². The third-order valence-electron chi connectivity index (χ3n) is 2.54. The molecule has 5 heteroatoms. The molecule has 1 aromatic heterocycles. The zero-order chi connectivity index (χ0) is 14.4. The number of halogens is 1. The van der Waals surface area contributed by atoms with Gasteiger partial charge in [-0.1, -0.05) is 23.4 Å². The molecular weight excluding hydrogens is 278 g/mol. The lowest BCUT2D eigenvalue weighted by molar-refractivity contribution is 0.0948. The quantitative estimate of drug-likeness (QED) is 0.852. The minimum absolute atomic E-state index is 0.234. The van der Waals surface area contributed by atoms with Crippen molar-refractivity contribution in [3.63, 3.8) is 0 Å². The number of carbonyl (C=O) groups excluding carboxylic acids is 1. The van der Waals surface area contributed by atoms with Crippen molar-refractivity contribution in [2.45, 2.75) is 6.54 Å². The Bertz CT molecular complexity index is 653. The zero-order valence-electron chi connectivity index (χ0n) is 10.5. The van der Waals surface area contributed by atoms with Gasteiger partial charge >= 0.3 is 0 Å². The normalized spacial score (nSPS) is 9.70. The molecule has 0 aliphatic rings. The summed E-state index contributed by atoms with van der Waals surface area (Å²) in [6, 6.07) is 8.35. The van der Waals surface area contributed by atoms with Gasteiger partial charge in [0.25, 0.3) is 5.91 Å². The maximum absolute atomic E-state index is 11.9. The van der Waals surface area contributed by atoms with Crippen LogP contribution in [0.25, 0.3) is 0 Å². The van der Waals surface area contributed by atoms with Crippen LogP contribution >= 0.6 is 11.6 Å². The number of hydrogen-bond donors (Lipinski definition) is 2. The highest BCUT2D eigenvalue weighted by Crippen LogP contribution is 2.17. The summed E-state index contributed by atoms with van der Waals surface area (Å²) in [6.45, 7) is 0.0806. The summed E-state index contributed by atoms with van der Waals surface area (Å²) >= 11 is 6.03. The SMILES string of the molecule is O=C(NCc1ccco1)c1ccc(C#CCO)c(Cl)c1. The molecule has 0 saturated heterocycles. The molecule has 0 saturated carbocycles. The van der Waals surface area contributed by atoms with Crippen LogP contribution in [-0.4, -0.2) is 17.6 Å². The first-order valence-corrected chi connectivity index (χ1v) is 6.28. The number of furan rings is 1. The van der Waals surface area contributed by atoms with Gasteiger partial charge in [0.15, 0.2) is 0 Å². The molecule has 1 amide bonds. The maximum Gasteiger partial charge on any atom is 0.251 e. The summed E-state index contributed by atoms with van der Waals surface area (Å²) < 4.78 is 5.12. The fraction of sp³-hybridized carbons (Fsp3) is 0.133. The smallest absolute Gasteiger partial charge is 0.251 e.